The fourth-order valence-electron chi connectivity index (χ4n) is 3.53. The summed E-state index contributed by atoms with van der Waals surface area (Å²) in [7, 11) is 0. The van der Waals surface area contributed by atoms with Gasteiger partial charge in [0.15, 0.2) is 5.82 Å². The molecule has 1 fully saturated rings. The zero-order valence-corrected chi connectivity index (χ0v) is 15.8. The Bertz CT molecular complexity index is 702. The Morgan fingerprint density at radius 2 is 2.12 bits per heavy atom. The summed E-state index contributed by atoms with van der Waals surface area (Å²) in [6.45, 7) is 6.45. The topological polar surface area (TPSA) is 80.9 Å². The fourth-order valence-corrected chi connectivity index (χ4v) is 3.53. The maximum Gasteiger partial charge on any atom is 0.318 e. The molecule has 0 radical (unpaired) electrons. The Kier molecular flexibility index (Phi) is 6.25. The van der Waals surface area contributed by atoms with E-state index in [4.69, 9.17) is 0 Å². The van der Waals surface area contributed by atoms with Crippen molar-refractivity contribution < 1.29 is 4.79 Å². The maximum absolute atomic E-state index is 12.6. The van der Waals surface area contributed by atoms with Crippen molar-refractivity contribution in [3.8, 4) is 0 Å². The summed E-state index contributed by atoms with van der Waals surface area (Å²) in [6.07, 6.45) is 11.8. The molecule has 0 aromatic carbocycles. The summed E-state index contributed by atoms with van der Waals surface area (Å²) in [4.78, 5) is 14.3. The van der Waals surface area contributed by atoms with Gasteiger partial charge in [0.05, 0.1) is 19.3 Å². The van der Waals surface area contributed by atoms with Crippen LogP contribution in [0.15, 0.2) is 18.7 Å². The molecule has 3 rings (SSSR count). The van der Waals surface area contributed by atoms with Gasteiger partial charge in [0.2, 0.25) is 0 Å². The molecule has 1 aliphatic rings. The van der Waals surface area contributed by atoms with Crippen LogP contribution in [0.2, 0.25) is 0 Å². The van der Waals surface area contributed by atoms with E-state index in [-0.39, 0.29) is 6.03 Å². The maximum atomic E-state index is 12.6. The van der Waals surface area contributed by atoms with Gasteiger partial charge in [-0.15, -0.1) is 10.2 Å². The van der Waals surface area contributed by atoms with E-state index in [9.17, 15) is 4.79 Å². The van der Waals surface area contributed by atoms with Crippen LogP contribution in [-0.2, 0) is 19.6 Å². The van der Waals surface area contributed by atoms with Crippen molar-refractivity contribution in [1.82, 2.24) is 34.8 Å². The number of hydrogen-bond donors (Lipinski definition) is 1. The molecule has 8 nitrogen and oxygen atoms in total. The molecule has 1 aliphatic carbocycles. The lowest BCUT2D eigenvalue weighted by Gasteiger charge is -2.24. The van der Waals surface area contributed by atoms with Crippen LogP contribution in [0.3, 0.4) is 0 Å². The third-order valence-corrected chi connectivity index (χ3v) is 5.07. The van der Waals surface area contributed by atoms with Gasteiger partial charge in [0.1, 0.15) is 6.33 Å². The molecule has 26 heavy (non-hydrogen) atoms. The van der Waals surface area contributed by atoms with Gasteiger partial charge in [-0.05, 0) is 26.7 Å². The Hall–Kier alpha value is -2.38. The number of aromatic nitrogens is 5. The van der Waals surface area contributed by atoms with E-state index < -0.39 is 0 Å². The van der Waals surface area contributed by atoms with Gasteiger partial charge in [-0.1, -0.05) is 19.3 Å². The van der Waals surface area contributed by atoms with Crippen LogP contribution < -0.4 is 5.32 Å². The molecular weight excluding hydrogens is 330 g/mol. The Balaban J connectivity index is 1.56. The number of rotatable bonds is 7. The summed E-state index contributed by atoms with van der Waals surface area (Å²) in [5.41, 5.74) is 1.04. The molecule has 2 aromatic heterocycles. The Morgan fingerprint density at radius 3 is 2.81 bits per heavy atom. The van der Waals surface area contributed by atoms with Gasteiger partial charge in [0, 0.05) is 30.9 Å². The largest absolute Gasteiger partial charge is 0.331 e. The second-order valence-corrected chi connectivity index (χ2v) is 6.82. The van der Waals surface area contributed by atoms with Crippen LogP contribution >= 0.6 is 0 Å². The van der Waals surface area contributed by atoms with Crippen LogP contribution in [0, 0.1) is 0 Å². The van der Waals surface area contributed by atoms with Gasteiger partial charge < -0.3 is 14.8 Å². The van der Waals surface area contributed by atoms with Crippen LogP contribution in [0.1, 0.15) is 63.4 Å². The molecule has 142 valence electrons. The second kappa shape index (κ2) is 8.82. The molecule has 2 heterocycles. The first-order valence-electron chi connectivity index (χ1n) is 9.63. The summed E-state index contributed by atoms with van der Waals surface area (Å²) < 4.78 is 4.01. The van der Waals surface area contributed by atoms with Crippen molar-refractivity contribution in [2.75, 3.05) is 6.54 Å². The lowest BCUT2D eigenvalue weighted by Crippen LogP contribution is -2.39. The highest BCUT2D eigenvalue weighted by molar-refractivity contribution is 5.74. The highest BCUT2D eigenvalue weighted by Gasteiger charge is 2.19. The minimum absolute atomic E-state index is 0.0880. The van der Waals surface area contributed by atoms with Crippen molar-refractivity contribution in [1.29, 1.82) is 0 Å². The number of amides is 2. The monoisotopic (exact) mass is 359 g/mol. The first-order valence-corrected chi connectivity index (χ1v) is 9.63. The molecule has 0 bridgehead atoms. The van der Waals surface area contributed by atoms with E-state index in [2.05, 4.69) is 25.2 Å². The number of nitrogens with zero attached hydrogens (tertiary/aromatic N) is 6. The predicted molar refractivity (Wildman–Crippen MR) is 98.4 cm³/mol. The fraction of sp³-hybridized carbons (Fsp3) is 0.667. The second-order valence-electron chi connectivity index (χ2n) is 6.82. The van der Waals surface area contributed by atoms with E-state index in [0.29, 0.717) is 25.7 Å². The van der Waals surface area contributed by atoms with Crippen LogP contribution in [0.25, 0.3) is 0 Å². The molecule has 1 saturated carbocycles. The van der Waals surface area contributed by atoms with Gasteiger partial charge in [-0.25, -0.2) is 4.79 Å². The highest BCUT2D eigenvalue weighted by Crippen LogP contribution is 2.28. The van der Waals surface area contributed by atoms with E-state index in [1.54, 1.807) is 11.2 Å². The SMILES string of the molecule is CCN(Cc1cnn(CC)c1)C(=O)NCc1nncn1C1CCCCC1. The third kappa shape index (κ3) is 4.42. The van der Waals surface area contributed by atoms with Crippen molar-refractivity contribution >= 4 is 6.03 Å². The summed E-state index contributed by atoms with van der Waals surface area (Å²) >= 11 is 0. The molecule has 1 N–H and O–H groups in total. The van der Waals surface area contributed by atoms with Crippen LogP contribution in [0.4, 0.5) is 4.79 Å². The lowest BCUT2D eigenvalue weighted by atomic mass is 9.95. The predicted octanol–water partition coefficient (Wildman–Crippen LogP) is 2.73. The molecule has 2 amide bonds. The van der Waals surface area contributed by atoms with E-state index in [0.717, 1.165) is 17.9 Å². The Labute approximate surface area is 154 Å². The average molecular weight is 359 g/mol. The standard InChI is InChI=1S/C18H29N7O/c1-3-23(12-15-10-21-24(4-2)13-15)18(26)19-11-17-22-20-14-25(17)16-8-6-5-7-9-16/h10,13-14,16H,3-9,11-12H2,1-2H3,(H,19,26). The summed E-state index contributed by atoms with van der Waals surface area (Å²) in [6, 6.07) is 0.378. The van der Waals surface area contributed by atoms with Crippen molar-refractivity contribution in [3.05, 3.63) is 30.1 Å². The smallest absolute Gasteiger partial charge is 0.318 e. The normalized spacial score (nSPS) is 15.2. The number of aryl methyl sites for hydroxylation is 1. The zero-order chi connectivity index (χ0) is 18.4. The number of nitrogens with one attached hydrogen (secondary N) is 1. The van der Waals surface area contributed by atoms with Gasteiger partial charge in [-0.3, -0.25) is 4.68 Å². The molecule has 0 unspecified atom stereocenters. The zero-order valence-electron chi connectivity index (χ0n) is 15.8. The molecule has 0 atom stereocenters. The number of hydrogen-bond acceptors (Lipinski definition) is 4. The van der Waals surface area contributed by atoms with Crippen molar-refractivity contribution in [3.63, 3.8) is 0 Å². The first kappa shape index (κ1) is 18.4. The number of carbonyl (C=O) groups is 1. The van der Waals surface area contributed by atoms with E-state index >= 15 is 0 Å². The quantitative estimate of drug-likeness (QED) is 0.824. The van der Waals surface area contributed by atoms with Crippen molar-refractivity contribution in [2.45, 2.75) is 71.6 Å². The van der Waals surface area contributed by atoms with Crippen LogP contribution in [-0.4, -0.2) is 42.0 Å². The first-order chi connectivity index (χ1) is 12.7. The van der Waals surface area contributed by atoms with Crippen LogP contribution in [0.5, 0.6) is 0 Å². The minimum atomic E-state index is -0.0880. The molecule has 2 aromatic rings. The highest BCUT2D eigenvalue weighted by atomic mass is 16.2. The van der Waals surface area contributed by atoms with Gasteiger partial charge >= 0.3 is 6.03 Å². The van der Waals surface area contributed by atoms with Crippen molar-refractivity contribution in [2.24, 2.45) is 0 Å². The average Bonchev–Trinajstić information content (AvgIpc) is 3.34. The molecule has 8 heteroatoms. The number of carbonyl (C=O) groups excluding carboxylic acids is 1. The Morgan fingerprint density at radius 1 is 1.31 bits per heavy atom. The third-order valence-electron chi connectivity index (χ3n) is 5.07. The minimum Gasteiger partial charge on any atom is -0.331 e. The van der Waals surface area contributed by atoms with Gasteiger partial charge in [-0.2, -0.15) is 5.10 Å². The lowest BCUT2D eigenvalue weighted by molar-refractivity contribution is 0.197. The van der Waals surface area contributed by atoms with E-state index in [1.165, 1.54) is 32.1 Å². The van der Waals surface area contributed by atoms with E-state index in [1.807, 2.05) is 30.9 Å². The molecule has 0 spiro atoms. The van der Waals surface area contributed by atoms with Gasteiger partial charge in [0.25, 0.3) is 0 Å². The molecule has 0 aliphatic heterocycles. The molecule has 0 saturated heterocycles. The summed E-state index contributed by atoms with van der Waals surface area (Å²) in [5.74, 6) is 0.833. The molecular formula is C18H29N7O. The summed E-state index contributed by atoms with van der Waals surface area (Å²) in [5, 5.41) is 15.5. The number of urea groups is 1.